The number of piperidine rings is 1. The Morgan fingerprint density at radius 1 is 1.18 bits per heavy atom. The summed E-state index contributed by atoms with van der Waals surface area (Å²) in [6.45, 7) is 3.03. The summed E-state index contributed by atoms with van der Waals surface area (Å²) < 4.78 is 7.65. The smallest absolute Gasteiger partial charge is 0.219 e. The number of ether oxygens (including phenoxy) is 1. The highest BCUT2D eigenvalue weighted by molar-refractivity contribution is 9.10. The number of nitrogens with zero attached hydrogens (tertiary/aromatic N) is 3. The second kappa shape index (κ2) is 6.62. The van der Waals surface area contributed by atoms with Crippen LogP contribution in [0.1, 0.15) is 43.4 Å². The Morgan fingerprint density at radius 2 is 1.93 bits per heavy atom. The maximum atomic E-state index is 11.8. The first-order chi connectivity index (χ1) is 13.6. The summed E-state index contributed by atoms with van der Waals surface area (Å²) in [7, 11) is 0. The number of amides is 1. The molecule has 1 amide bonds. The van der Waals surface area contributed by atoms with E-state index in [1.54, 1.807) is 6.92 Å². The molecule has 3 heterocycles. The van der Waals surface area contributed by atoms with E-state index in [1.165, 1.54) is 5.56 Å². The number of likely N-dealkylation sites (tertiary alicyclic amines) is 1. The normalized spacial score (nSPS) is 22.4. The molecular formula is C22H22BrN3O2. The van der Waals surface area contributed by atoms with Crippen LogP contribution in [0.3, 0.4) is 0 Å². The first kappa shape index (κ1) is 17.7. The zero-order chi connectivity index (χ0) is 19.3. The minimum absolute atomic E-state index is 0.126. The lowest BCUT2D eigenvalue weighted by Crippen LogP contribution is -2.59. The molecule has 0 aromatic heterocycles. The summed E-state index contributed by atoms with van der Waals surface area (Å²) in [6.07, 6.45) is 2.36. The van der Waals surface area contributed by atoms with Gasteiger partial charge in [-0.2, -0.15) is 5.10 Å². The Kier molecular flexibility index (Phi) is 4.19. The number of hydrogen-bond donors (Lipinski definition) is 0. The lowest BCUT2D eigenvalue weighted by molar-refractivity contribution is -0.158. The molecular weight excluding hydrogens is 418 g/mol. The number of hydrogen-bond acceptors (Lipinski definition) is 4. The zero-order valence-corrected chi connectivity index (χ0v) is 17.4. The van der Waals surface area contributed by atoms with Gasteiger partial charge >= 0.3 is 0 Å². The summed E-state index contributed by atoms with van der Waals surface area (Å²) in [5.74, 6) is 1.06. The third-order valence-electron chi connectivity index (χ3n) is 6.06. The maximum absolute atomic E-state index is 11.8. The van der Waals surface area contributed by atoms with E-state index in [4.69, 9.17) is 9.84 Å². The van der Waals surface area contributed by atoms with E-state index in [9.17, 15) is 4.79 Å². The first-order valence-corrected chi connectivity index (χ1v) is 10.5. The molecule has 0 N–H and O–H groups in total. The molecule has 1 spiro atoms. The van der Waals surface area contributed by atoms with Gasteiger partial charge in [0, 0.05) is 49.3 Å². The van der Waals surface area contributed by atoms with Crippen molar-refractivity contribution in [2.75, 3.05) is 13.1 Å². The molecule has 2 aromatic carbocycles. The van der Waals surface area contributed by atoms with Crippen molar-refractivity contribution >= 4 is 27.5 Å². The Balaban J connectivity index is 1.56. The van der Waals surface area contributed by atoms with Gasteiger partial charge in [0.1, 0.15) is 5.75 Å². The van der Waals surface area contributed by atoms with E-state index in [2.05, 4.69) is 57.3 Å². The second-order valence-electron chi connectivity index (χ2n) is 7.71. The fourth-order valence-corrected chi connectivity index (χ4v) is 4.94. The molecule has 2 aromatic rings. The molecule has 144 valence electrons. The standard InChI is InChI=1S/C22H22BrN3O2/c1-15(27)25-11-9-22(10-12-25)26-20(18-13-17(23)7-8-21(18)28-22)14-19(24-26)16-5-3-2-4-6-16/h2-8,13,20H,9-12,14H2,1H3/t20-/m0/s1. The van der Waals surface area contributed by atoms with Crippen LogP contribution in [0.25, 0.3) is 0 Å². The minimum atomic E-state index is -0.492. The molecule has 0 saturated carbocycles. The van der Waals surface area contributed by atoms with Crippen LogP contribution in [-0.4, -0.2) is 40.3 Å². The minimum Gasteiger partial charge on any atom is -0.466 e. The fraction of sp³-hybridized carbons (Fsp3) is 0.364. The average molecular weight is 440 g/mol. The van der Waals surface area contributed by atoms with Crippen LogP contribution < -0.4 is 4.74 Å². The summed E-state index contributed by atoms with van der Waals surface area (Å²) >= 11 is 3.60. The van der Waals surface area contributed by atoms with Crippen molar-refractivity contribution in [1.29, 1.82) is 0 Å². The summed E-state index contributed by atoms with van der Waals surface area (Å²) in [5, 5.41) is 7.24. The molecule has 3 aliphatic heterocycles. The molecule has 5 rings (SSSR count). The van der Waals surface area contributed by atoms with E-state index in [1.807, 2.05) is 17.0 Å². The number of carbonyl (C=O) groups is 1. The number of halogens is 1. The third-order valence-corrected chi connectivity index (χ3v) is 6.55. The van der Waals surface area contributed by atoms with Crippen LogP contribution in [0, 0.1) is 0 Å². The van der Waals surface area contributed by atoms with Crippen molar-refractivity contribution in [2.24, 2.45) is 5.10 Å². The van der Waals surface area contributed by atoms with Crippen LogP contribution in [-0.2, 0) is 4.79 Å². The van der Waals surface area contributed by atoms with Gasteiger partial charge in [0.25, 0.3) is 0 Å². The lowest BCUT2D eigenvalue weighted by Gasteiger charge is -2.51. The first-order valence-electron chi connectivity index (χ1n) is 9.72. The molecule has 6 heteroatoms. The van der Waals surface area contributed by atoms with Crippen LogP contribution >= 0.6 is 15.9 Å². The molecule has 1 saturated heterocycles. The Morgan fingerprint density at radius 3 is 2.64 bits per heavy atom. The van der Waals surface area contributed by atoms with Gasteiger partial charge in [-0.1, -0.05) is 46.3 Å². The Bertz CT molecular complexity index is 952. The van der Waals surface area contributed by atoms with Gasteiger partial charge in [0.2, 0.25) is 11.6 Å². The maximum Gasteiger partial charge on any atom is 0.219 e. The number of benzene rings is 2. The average Bonchev–Trinajstić information content (AvgIpc) is 3.17. The van der Waals surface area contributed by atoms with E-state index < -0.39 is 5.72 Å². The third kappa shape index (κ3) is 2.82. The molecule has 1 atom stereocenters. The molecule has 0 aliphatic carbocycles. The van der Waals surface area contributed by atoms with E-state index in [-0.39, 0.29) is 11.9 Å². The molecule has 3 aliphatic rings. The number of rotatable bonds is 1. The van der Waals surface area contributed by atoms with Gasteiger partial charge in [-0.15, -0.1) is 0 Å². The van der Waals surface area contributed by atoms with E-state index in [0.717, 1.165) is 40.8 Å². The van der Waals surface area contributed by atoms with Crippen molar-refractivity contribution in [2.45, 2.75) is 38.0 Å². The van der Waals surface area contributed by atoms with Crippen LogP contribution in [0.15, 0.2) is 58.1 Å². The monoisotopic (exact) mass is 439 g/mol. The van der Waals surface area contributed by atoms with Crippen LogP contribution in [0.2, 0.25) is 0 Å². The van der Waals surface area contributed by atoms with Crippen molar-refractivity contribution in [3.8, 4) is 5.75 Å². The van der Waals surface area contributed by atoms with Crippen molar-refractivity contribution < 1.29 is 9.53 Å². The lowest BCUT2D eigenvalue weighted by atomic mass is 9.90. The van der Waals surface area contributed by atoms with Crippen molar-refractivity contribution in [3.63, 3.8) is 0 Å². The van der Waals surface area contributed by atoms with Crippen molar-refractivity contribution in [1.82, 2.24) is 9.91 Å². The van der Waals surface area contributed by atoms with Crippen LogP contribution in [0.4, 0.5) is 0 Å². The van der Waals surface area contributed by atoms with Gasteiger partial charge in [-0.3, -0.25) is 4.79 Å². The number of fused-ring (bicyclic) bond motifs is 4. The summed E-state index contributed by atoms with van der Waals surface area (Å²) in [6, 6.07) is 16.7. The molecule has 5 nitrogen and oxygen atoms in total. The molecule has 0 unspecified atom stereocenters. The highest BCUT2D eigenvalue weighted by Crippen LogP contribution is 2.50. The predicted molar refractivity (Wildman–Crippen MR) is 111 cm³/mol. The Labute approximate surface area is 173 Å². The SMILES string of the molecule is CC(=O)N1CCC2(CC1)Oc1ccc(Br)cc1[C@@H]1CC(c3ccccc3)=NN12. The summed E-state index contributed by atoms with van der Waals surface area (Å²) in [4.78, 5) is 13.7. The number of carbonyl (C=O) groups excluding carboxylic acids is 1. The second-order valence-corrected chi connectivity index (χ2v) is 8.63. The topological polar surface area (TPSA) is 45.1 Å². The highest BCUT2D eigenvalue weighted by Gasteiger charge is 2.52. The number of hydrazone groups is 1. The summed E-state index contributed by atoms with van der Waals surface area (Å²) in [5.41, 5.74) is 2.93. The van der Waals surface area contributed by atoms with Gasteiger partial charge in [0.05, 0.1) is 11.8 Å². The van der Waals surface area contributed by atoms with E-state index in [0.29, 0.717) is 13.1 Å². The largest absolute Gasteiger partial charge is 0.466 e. The van der Waals surface area contributed by atoms with E-state index >= 15 is 0 Å². The van der Waals surface area contributed by atoms with Gasteiger partial charge in [-0.05, 0) is 23.8 Å². The van der Waals surface area contributed by atoms with Gasteiger partial charge < -0.3 is 9.64 Å². The predicted octanol–water partition coefficient (Wildman–Crippen LogP) is 4.33. The zero-order valence-electron chi connectivity index (χ0n) is 15.8. The fourth-order valence-electron chi connectivity index (χ4n) is 4.56. The molecule has 0 radical (unpaired) electrons. The quantitative estimate of drug-likeness (QED) is 0.663. The molecule has 0 bridgehead atoms. The molecule has 1 fully saturated rings. The van der Waals surface area contributed by atoms with Gasteiger partial charge in [-0.25, -0.2) is 5.01 Å². The highest BCUT2D eigenvalue weighted by atomic mass is 79.9. The van der Waals surface area contributed by atoms with Gasteiger partial charge in [0.15, 0.2) is 0 Å². The van der Waals surface area contributed by atoms with Crippen LogP contribution in [0.5, 0.6) is 5.75 Å². The molecule has 28 heavy (non-hydrogen) atoms. The Hall–Kier alpha value is -2.34. The van der Waals surface area contributed by atoms with Crippen molar-refractivity contribution in [3.05, 3.63) is 64.1 Å².